The summed E-state index contributed by atoms with van der Waals surface area (Å²) in [7, 11) is 0. The van der Waals surface area contributed by atoms with Crippen LogP contribution in [-0.2, 0) is 17.5 Å². The van der Waals surface area contributed by atoms with Gasteiger partial charge in [0.05, 0.1) is 10.9 Å². The van der Waals surface area contributed by atoms with Crippen LogP contribution in [0.4, 0.5) is 18.9 Å². The molecule has 2 heterocycles. The number of nitrogens with one attached hydrogen (secondary N) is 1. The van der Waals surface area contributed by atoms with Crippen LogP contribution in [0.25, 0.3) is 10.1 Å². The number of halogens is 3. The number of rotatable bonds is 3. The maximum atomic E-state index is 12.7. The van der Waals surface area contributed by atoms with Gasteiger partial charge in [0.1, 0.15) is 6.54 Å². The molecule has 0 bridgehead atoms. The molecule has 0 aliphatic heterocycles. The fourth-order valence-electron chi connectivity index (χ4n) is 2.46. The molecule has 8 heteroatoms. The maximum absolute atomic E-state index is 12.7. The van der Waals surface area contributed by atoms with Crippen LogP contribution in [0.2, 0.25) is 0 Å². The molecule has 0 fully saturated rings. The molecule has 0 unspecified atom stereocenters. The van der Waals surface area contributed by atoms with Gasteiger partial charge in [-0.25, -0.2) is 0 Å². The highest BCUT2D eigenvalue weighted by atomic mass is 32.1. The Hall–Kier alpha value is -2.61. The van der Waals surface area contributed by atoms with Crippen molar-refractivity contribution >= 4 is 33.0 Å². The number of anilines is 1. The molecule has 4 nitrogen and oxygen atoms in total. The van der Waals surface area contributed by atoms with E-state index in [-0.39, 0.29) is 17.8 Å². The topological polar surface area (TPSA) is 51.1 Å². The van der Waals surface area contributed by atoms with Gasteiger partial charge in [0.2, 0.25) is 5.91 Å². The molecule has 2 aromatic heterocycles. The zero-order valence-electron chi connectivity index (χ0n) is 13.1. The minimum absolute atomic E-state index is 0.0281. The molecule has 0 atom stereocenters. The van der Waals surface area contributed by atoms with Gasteiger partial charge in [0, 0.05) is 21.5 Å². The third-order valence-corrected chi connectivity index (χ3v) is 4.58. The van der Waals surface area contributed by atoms with E-state index in [2.05, 4.69) is 5.32 Å². The summed E-state index contributed by atoms with van der Waals surface area (Å²) in [6, 6.07) is 7.85. The van der Waals surface area contributed by atoms with E-state index < -0.39 is 17.6 Å². The van der Waals surface area contributed by atoms with E-state index in [0.717, 1.165) is 21.7 Å². The lowest BCUT2D eigenvalue weighted by Gasteiger charge is -2.10. The summed E-state index contributed by atoms with van der Waals surface area (Å²) in [6.07, 6.45) is -2.98. The van der Waals surface area contributed by atoms with E-state index >= 15 is 0 Å². The number of pyridine rings is 1. The largest absolute Gasteiger partial charge is 0.416 e. The summed E-state index contributed by atoms with van der Waals surface area (Å²) in [5.41, 5.74) is -1.13. The van der Waals surface area contributed by atoms with Crippen molar-refractivity contribution in [2.75, 3.05) is 5.32 Å². The second-order valence-corrected chi connectivity index (χ2v) is 6.80. The average Bonchev–Trinajstić information content (AvgIpc) is 2.91. The van der Waals surface area contributed by atoms with E-state index in [4.69, 9.17) is 0 Å². The number of hydrogen-bond donors (Lipinski definition) is 1. The first-order chi connectivity index (χ1) is 11.7. The molecule has 25 heavy (non-hydrogen) atoms. The monoisotopic (exact) mass is 366 g/mol. The third kappa shape index (κ3) is 3.74. The molecule has 1 N–H and O–H groups in total. The predicted octanol–water partition coefficient (Wildman–Crippen LogP) is 4.03. The summed E-state index contributed by atoms with van der Waals surface area (Å²) in [5, 5.41) is 2.91. The number of carbonyl (C=O) groups excluding carboxylic acids is 1. The van der Waals surface area contributed by atoms with Crippen molar-refractivity contribution in [1.82, 2.24) is 4.57 Å². The van der Waals surface area contributed by atoms with Crippen molar-refractivity contribution in [3.63, 3.8) is 0 Å². The van der Waals surface area contributed by atoms with Gasteiger partial charge in [-0.2, -0.15) is 13.2 Å². The highest BCUT2D eigenvalue weighted by molar-refractivity contribution is 7.18. The van der Waals surface area contributed by atoms with Crippen LogP contribution in [-0.4, -0.2) is 10.5 Å². The van der Waals surface area contributed by atoms with Crippen LogP contribution >= 0.6 is 11.3 Å². The molecule has 3 aromatic rings. The Morgan fingerprint density at radius 2 is 2.00 bits per heavy atom. The number of thiophene rings is 1. The number of aryl methyl sites for hydroxylation is 1. The standard InChI is InChI=1S/C17H13F3N2O2S/c1-10-7-13-14(25-10)5-6-22(16(13)24)9-15(23)21-12-4-2-3-11(8-12)17(18,19)20/h2-8H,9H2,1H3,(H,21,23). The summed E-state index contributed by atoms with van der Waals surface area (Å²) < 4.78 is 40.2. The number of nitrogens with zero attached hydrogens (tertiary/aromatic N) is 1. The molecule has 0 spiro atoms. The van der Waals surface area contributed by atoms with Crippen LogP contribution in [0.15, 0.2) is 47.4 Å². The van der Waals surface area contributed by atoms with Gasteiger partial charge >= 0.3 is 6.18 Å². The van der Waals surface area contributed by atoms with Gasteiger partial charge in [-0.05, 0) is 37.3 Å². The van der Waals surface area contributed by atoms with Gasteiger partial charge in [0.25, 0.3) is 5.56 Å². The molecule has 1 aromatic carbocycles. The Kier molecular flexibility index (Phi) is 4.38. The average molecular weight is 366 g/mol. The molecular weight excluding hydrogens is 353 g/mol. The van der Waals surface area contributed by atoms with Crippen LogP contribution in [0.3, 0.4) is 0 Å². The molecule has 1 amide bonds. The molecule has 0 saturated heterocycles. The van der Waals surface area contributed by atoms with Crippen LogP contribution in [0.5, 0.6) is 0 Å². The lowest BCUT2D eigenvalue weighted by molar-refractivity contribution is -0.137. The quantitative estimate of drug-likeness (QED) is 0.761. The zero-order valence-corrected chi connectivity index (χ0v) is 13.9. The van der Waals surface area contributed by atoms with E-state index in [1.165, 1.54) is 34.2 Å². The summed E-state index contributed by atoms with van der Waals surface area (Å²) >= 11 is 1.48. The van der Waals surface area contributed by atoms with Gasteiger partial charge in [-0.3, -0.25) is 9.59 Å². The fraction of sp³-hybridized carbons (Fsp3) is 0.176. The molecule has 130 valence electrons. The van der Waals surface area contributed by atoms with E-state index in [0.29, 0.717) is 5.39 Å². The molecule has 3 rings (SSSR count). The van der Waals surface area contributed by atoms with E-state index in [9.17, 15) is 22.8 Å². The minimum atomic E-state index is -4.49. The van der Waals surface area contributed by atoms with Crippen LogP contribution in [0, 0.1) is 6.92 Å². The van der Waals surface area contributed by atoms with Crippen molar-refractivity contribution in [2.45, 2.75) is 19.6 Å². The number of aromatic nitrogens is 1. The third-order valence-electron chi connectivity index (χ3n) is 3.57. The molecule has 0 saturated carbocycles. The van der Waals surface area contributed by atoms with Crippen molar-refractivity contribution < 1.29 is 18.0 Å². The Morgan fingerprint density at radius 3 is 2.72 bits per heavy atom. The second kappa shape index (κ2) is 6.36. The van der Waals surface area contributed by atoms with Gasteiger partial charge < -0.3 is 9.88 Å². The first kappa shape index (κ1) is 17.2. The zero-order chi connectivity index (χ0) is 18.2. The van der Waals surface area contributed by atoms with Crippen LogP contribution < -0.4 is 10.9 Å². The van der Waals surface area contributed by atoms with E-state index in [1.54, 1.807) is 12.1 Å². The molecular formula is C17H13F3N2O2S. The van der Waals surface area contributed by atoms with Gasteiger partial charge in [-0.1, -0.05) is 6.07 Å². The van der Waals surface area contributed by atoms with Gasteiger partial charge in [-0.15, -0.1) is 11.3 Å². The maximum Gasteiger partial charge on any atom is 0.416 e. The van der Waals surface area contributed by atoms with Gasteiger partial charge in [0.15, 0.2) is 0 Å². The number of fused-ring (bicyclic) bond motifs is 1. The normalized spacial score (nSPS) is 11.7. The highest BCUT2D eigenvalue weighted by Gasteiger charge is 2.30. The predicted molar refractivity (Wildman–Crippen MR) is 90.9 cm³/mol. The summed E-state index contributed by atoms with van der Waals surface area (Å²) in [4.78, 5) is 25.4. The lowest BCUT2D eigenvalue weighted by atomic mass is 10.2. The number of alkyl halides is 3. The van der Waals surface area contributed by atoms with E-state index in [1.807, 2.05) is 6.92 Å². The molecule has 0 aliphatic carbocycles. The van der Waals surface area contributed by atoms with Crippen LogP contribution in [0.1, 0.15) is 10.4 Å². The number of amides is 1. The van der Waals surface area contributed by atoms with Crippen molar-refractivity contribution in [3.05, 3.63) is 63.4 Å². The summed E-state index contributed by atoms with van der Waals surface area (Å²) in [5.74, 6) is -0.576. The summed E-state index contributed by atoms with van der Waals surface area (Å²) in [6.45, 7) is 1.61. The van der Waals surface area contributed by atoms with Crippen molar-refractivity contribution in [3.8, 4) is 0 Å². The number of benzene rings is 1. The number of hydrogen-bond acceptors (Lipinski definition) is 3. The minimum Gasteiger partial charge on any atom is -0.325 e. The van der Waals surface area contributed by atoms with Crippen molar-refractivity contribution in [1.29, 1.82) is 0 Å². The smallest absolute Gasteiger partial charge is 0.325 e. The number of carbonyl (C=O) groups is 1. The lowest BCUT2D eigenvalue weighted by Crippen LogP contribution is -2.27. The molecule has 0 aliphatic rings. The Morgan fingerprint density at radius 1 is 1.24 bits per heavy atom. The van der Waals surface area contributed by atoms with Crippen molar-refractivity contribution in [2.24, 2.45) is 0 Å². The Labute approximate surface area is 144 Å². The Bertz CT molecular complexity index is 1010. The first-order valence-electron chi connectivity index (χ1n) is 7.31. The first-order valence-corrected chi connectivity index (χ1v) is 8.12. The highest BCUT2D eigenvalue weighted by Crippen LogP contribution is 2.30. The molecule has 0 radical (unpaired) electrons. The SMILES string of the molecule is Cc1cc2c(=O)n(CC(=O)Nc3cccc(C(F)(F)F)c3)ccc2s1. The second-order valence-electron chi connectivity index (χ2n) is 5.51. The Balaban J connectivity index is 1.79. The fourth-order valence-corrected chi connectivity index (χ4v) is 3.37.